The van der Waals surface area contributed by atoms with Crippen LogP contribution in [0.3, 0.4) is 0 Å². The summed E-state index contributed by atoms with van der Waals surface area (Å²) >= 11 is 3.33. The molecule has 0 aromatic carbocycles. The van der Waals surface area contributed by atoms with Gasteiger partial charge in [-0.05, 0) is 22.9 Å². The first kappa shape index (κ1) is 15.9. The first-order valence-electron chi connectivity index (χ1n) is 4.71. The third kappa shape index (κ3) is 4.05. The van der Waals surface area contributed by atoms with Crippen molar-refractivity contribution in [3.8, 4) is 0 Å². The number of anilines is 1. The minimum atomic E-state index is 0. The van der Waals surface area contributed by atoms with Crippen LogP contribution in [0.1, 0.15) is 6.92 Å². The number of halogens is 3. The zero-order valence-electron chi connectivity index (χ0n) is 8.89. The molecule has 1 aromatic rings. The van der Waals surface area contributed by atoms with Crippen molar-refractivity contribution in [3.63, 3.8) is 0 Å². The summed E-state index contributed by atoms with van der Waals surface area (Å²) in [5.41, 5.74) is 0. The lowest BCUT2D eigenvalue weighted by molar-refractivity contribution is 0.479. The molecule has 1 saturated heterocycles. The maximum atomic E-state index is 4.28. The maximum Gasteiger partial charge on any atom is 0.225 e. The van der Waals surface area contributed by atoms with Crippen molar-refractivity contribution in [2.24, 2.45) is 0 Å². The van der Waals surface area contributed by atoms with Crippen LogP contribution in [0, 0.1) is 0 Å². The molecule has 1 fully saturated rings. The van der Waals surface area contributed by atoms with Crippen LogP contribution in [-0.4, -0.2) is 35.6 Å². The molecule has 1 aliphatic heterocycles. The summed E-state index contributed by atoms with van der Waals surface area (Å²) in [5.74, 6) is 0.821. The van der Waals surface area contributed by atoms with E-state index in [1.807, 2.05) is 0 Å². The van der Waals surface area contributed by atoms with Gasteiger partial charge in [-0.25, -0.2) is 9.97 Å². The number of hydrogen-bond donors (Lipinski definition) is 1. The molecular weight excluding hydrogens is 315 g/mol. The average Bonchev–Trinajstić information content (AvgIpc) is 2.19. The number of rotatable bonds is 1. The summed E-state index contributed by atoms with van der Waals surface area (Å²) < 4.78 is 0.921. The van der Waals surface area contributed by atoms with E-state index in [0.717, 1.165) is 30.1 Å². The standard InChI is InChI=1S/C9H13BrN4.2ClH/c1-7-6-14(3-2-11-7)9-12-4-8(10)5-13-9;;/h4-5,7,11H,2-3,6H2,1H3;2*1H. The van der Waals surface area contributed by atoms with Gasteiger partial charge in [0.1, 0.15) is 0 Å². The van der Waals surface area contributed by atoms with Crippen molar-refractivity contribution in [2.75, 3.05) is 24.5 Å². The Morgan fingerprint density at radius 3 is 2.56 bits per heavy atom. The lowest BCUT2D eigenvalue weighted by Crippen LogP contribution is -2.49. The fourth-order valence-electron chi connectivity index (χ4n) is 1.58. The van der Waals surface area contributed by atoms with E-state index in [-0.39, 0.29) is 24.8 Å². The van der Waals surface area contributed by atoms with Gasteiger partial charge in [-0.1, -0.05) is 0 Å². The summed E-state index contributed by atoms with van der Waals surface area (Å²) in [6.07, 6.45) is 3.57. The smallest absolute Gasteiger partial charge is 0.225 e. The number of nitrogens with one attached hydrogen (secondary N) is 1. The van der Waals surface area contributed by atoms with Crippen LogP contribution in [0.15, 0.2) is 16.9 Å². The highest BCUT2D eigenvalue weighted by Crippen LogP contribution is 2.12. The molecule has 4 nitrogen and oxygen atoms in total. The van der Waals surface area contributed by atoms with Gasteiger partial charge >= 0.3 is 0 Å². The highest BCUT2D eigenvalue weighted by molar-refractivity contribution is 9.10. The normalized spacial score (nSPS) is 19.6. The Morgan fingerprint density at radius 1 is 1.38 bits per heavy atom. The van der Waals surface area contributed by atoms with Crippen molar-refractivity contribution in [3.05, 3.63) is 16.9 Å². The predicted octanol–water partition coefficient (Wildman–Crippen LogP) is 1.88. The van der Waals surface area contributed by atoms with E-state index in [0.29, 0.717) is 6.04 Å². The van der Waals surface area contributed by atoms with E-state index >= 15 is 0 Å². The monoisotopic (exact) mass is 328 g/mol. The number of aromatic nitrogens is 2. The van der Waals surface area contributed by atoms with Gasteiger partial charge in [0.25, 0.3) is 0 Å². The summed E-state index contributed by atoms with van der Waals surface area (Å²) in [6.45, 7) is 5.12. The molecule has 7 heteroatoms. The van der Waals surface area contributed by atoms with Crippen LogP contribution < -0.4 is 10.2 Å². The van der Waals surface area contributed by atoms with Crippen LogP contribution in [0.4, 0.5) is 5.95 Å². The van der Waals surface area contributed by atoms with Crippen molar-refractivity contribution in [2.45, 2.75) is 13.0 Å². The third-order valence-electron chi connectivity index (χ3n) is 2.26. The van der Waals surface area contributed by atoms with Gasteiger partial charge in [0.05, 0.1) is 4.47 Å². The topological polar surface area (TPSA) is 41.1 Å². The van der Waals surface area contributed by atoms with Crippen molar-refractivity contribution >= 4 is 46.7 Å². The van der Waals surface area contributed by atoms with Crippen LogP contribution in [0.2, 0.25) is 0 Å². The highest BCUT2D eigenvalue weighted by Gasteiger charge is 2.17. The number of nitrogens with zero attached hydrogens (tertiary/aromatic N) is 3. The Balaban J connectivity index is 0.00000112. The summed E-state index contributed by atoms with van der Waals surface area (Å²) in [4.78, 5) is 10.8. The molecular formula is C9H15BrCl2N4. The van der Waals surface area contributed by atoms with Crippen LogP contribution in [0.5, 0.6) is 0 Å². The number of hydrogen-bond acceptors (Lipinski definition) is 4. The molecule has 1 aromatic heterocycles. The average molecular weight is 330 g/mol. The number of piperazine rings is 1. The Kier molecular flexibility index (Phi) is 7.22. The Bertz CT molecular complexity index is 309. The van der Waals surface area contributed by atoms with Crippen LogP contribution in [0.25, 0.3) is 0 Å². The largest absolute Gasteiger partial charge is 0.338 e. The van der Waals surface area contributed by atoms with Crippen LogP contribution >= 0.6 is 40.7 Å². The minimum Gasteiger partial charge on any atom is -0.338 e. The van der Waals surface area contributed by atoms with Gasteiger partial charge in [0.15, 0.2) is 0 Å². The van der Waals surface area contributed by atoms with Crippen molar-refractivity contribution in [1.29, 1.82) is 0 Å². The van der Waals surface area contributed by atoms with Crippen molar-refractivity contribution in [1.82, 2.24) is 15.3 Å². The van der Waals surface area contributed by atoms with Gasteiger partial charge in [-0.15, -0.1) is 24.8 Å². The Labute approximate surface area is 116 Å². The van der Waals surface area contributed by atoms with E-state index in [1.54, 1.807) is 12.4 Å². The zero-order valence-corrected chi connectivity index (χ0v) is 12.1. The van der Waals surface area contributed by atoms with Gasteiger partial charge in [0, 0.05) is 38.1 Å². The Morgan fingerprint density at radius 2 is 2.00 bits per heavy atom. The summed E-state index contributed by atoms with van der Waals surface area (Å²) in [7, 11) is 0. The second-order valence-corrected chi connectivity index (χ2v) is 4.42. The molecule has 1 unspecified atom stereocenters. The molecule has 1 N–H and O–H groups in total. The third-order valence-corrected chi connectivity index (χ3v) is 2.67. The van der Waals surface area contributed by atoms with Gasteiger partial charge in [-0.2, -0.15) is 0 Å². The zero-order chi connectivity index (χ0) is 9.97. The molecule has 0 aliphatic carbocycles. The van der Waals surface area contributed by atoms with E-state index < -0.39 is 0 Å². The lowest BCUT2D eigenvalue weighted by atomic mass is 10.2. The molecule has 1 aliphatic rings. The van der Waals surface area contributed by atoms with Gasteiger partial charge < -0.3 is 10.2 Å². The fraction of sp³-hybridized carbons (Fsp3) is 0.556. The molecule has 1 atom stereocenters. The van der Waals surface area contributed by atoms with Gasteiger partial charge in [0.2, 0.25) is 5.95 Å². The SMILES string of the molecule is CC1CN(c2ncc(Br)cn2)CCN1.Cl.Cl. The first-order chi connectivity index (χ1) is 6.75. The lowest BCUT2D eigenvalue weighted by Gasteiger charge is -2.31. The molecule has 16 heavy (non-hydrogen) atoms. The predicted molar refractivity (Wildman–Crippen MR) is 73.9 cm³/mol. The summed E-state index contributed by atoms with van der Waals surface area (Å²) in [6, 6.07) is 0.510. The quantitative estimate of drug-likeness (QED) is 0.854. The van der Waals surface area contributed by atoms with Crippen molar-refractivity contribution < 1.29 is 0 Å². The minimum absolute atomic E-state index is 0. The molecule has 0 saturated carbocycles. The highest BCUT2D eigenvalue weighted by atomic mass is 79.9. The molecule has 2 heterocycles. The molecule has 0 amide bonds. The maximum absolute atomic E-state index is 4.28. The van der Waals surface area contributed by atoms with E-state index in [9.17, 15) is 0 Å². The molecule has 0 radical (unpaired) electrons. The van der Waals surface area contributed by atoms with E-state index in [4.69, 9.17) is 0 Å². The molecule has 0 bridgehead atoms. The Hall–Kier alpha value is -0.100. The second kappa shape index (κ2) is 7.27. The summed E-state index contributed by atoms with van der Waals surface area (Å²) in [5, 5.41) is 3.39. The van der Waals surface area contributed by atoms with E-state index in [2.05, 4.69) is 43.0 Å². The van der Waals surface area contributed by atoms with E-state index in [1.165, 1.54) is 0 Å². The molecule has 2 rings (SSSR count). The van der Waals surface area contributed by atoms with Gasteiger partial charge in [-0.3, -0.25) is 0 Å². The fourth-order valence-corrected chi connectivity index (χ4v) is 1.79. The molecule has 0 spiro atoms. The molecule has 92 valence electrons. The second-order valence-electron chi connectivity index (χ2n) is 3.50. The van der Waals surface area contributed by atoms with Crippen LogP contribution in [-0.2, 0) is 0 Å². The first-order valence-corrected chi connectivity index (χ1v) is 5.51.